The molecular weight excluding hydrogens is 295 g/mol. The smallest absolute Gasteiger partial charge is 0.214 e. The Kier molecular flexibility index (Phi) is 7.07. The predicted octanol–water partition coefficient (Wildman–Crippen LogP) is 1.74. The van der Waals surface area contributed by atoms with E-state index in [-0.39, 0.29) is 24.7 Å². The Morgan fingerprint density at radius 2 is 2.05 bits per heavy atom. The molecule has 0 aromatic heterocycles. The van der Waals surface area contributed by atoms with Gasteiger partial charge in [-0.25, -0.2) is 17.5 Å². The zero-order valence-corrected chi connectivity index (χ0v) is 13.5. The topological polar surface area (TPSA) is 58.6 Å². The van der Waals surface area contributed by atoms with Crippen molar-refractivity contribution in [2.45, 2.75) is 20.4 Å². The van der Waals surface area contributed by atoms with Crippen molar-refractivity contribution in [1.29, 1.82) is 0 Å². The Balaban J connectivity index is 2.62. The van der Waals surface area contributed by atoms with Crippen molar-refractivity contribution in [3.8, 4) is 0 Å². The maximum absolute atomic E-state index is 13.9. The predicted molar refractivity (Wildman–Crippen MR) is 82.5 cm³/mol. The van der Waals surface area contributed by atoms with Crippen LogP contribution >= 0.6 is 0 Å². The van der Waals surface area contributed by atoms with E-state index in [1.54, 1.807) is 31.0 Å². The quantitative estimate of drug-likeness (QED) is 0.705. The minimum atomic E-state index is -3.40. The van der Waals surface area contributed by atoms with Crippen molar-refractivity contribution >= 4 is 15.7 Å². The highest BCUT2D eigenvalue weighted by molar-refractivity contribution is 7.89. The number of hydrogen-bond acceptors (Lipinski definition) is 4. The number of halogens is 1. The highest BCUT2D eigenvalue weighted by Gasteiger charge is 2.11. The molecule has 0 radical (unpaired) electrons. The minimum Gasteiger partial charge on any atom is -0.381 e. The molecule has 0 bridgehead atoms. The summed E-state index contributed by atoms with van der Waals surface area (Å²) in [5.74, 6) is -0.453. The van der Waals surface area contributed by atoms with Crippen LogP contribution in [0.2, 0.25) is 0 Å². The van der Waals surface area contributed by atoms with E-state index < -0.39 is 10.0 Å². The summed E-state index contributed by atoms with van der Waals surface area (Å²) >= 11 is 0. The van der Waals surface area contributed by atoms with Gasteiger partial charge in [0.1, 0.15) is 5.82 Å². The molecule has 1 aromatic rings. The lowest BCUT2D eigenvalue weighted by molar-refractivity contribution is 0.163. The molecule has 0 heterocycles. The molecule has 0 aliphatic rings. The van der Waals surface area contributed by atoms with Gasteiger partial charge >= 0.3 is 0 Å². The van der Waals surface area contributed by atoms with Crippen LogP contribution in [0.5, 0.6) is 0 Å². The summed E-state index contributed by atoms with van der Waals surface area (Å²) in [5.41, 5.74) is 1.08. The lowest BCUT2D eigenvalue weighted by Gasteiger charge is -2.18. The largest absolute Gasteiger partial charge is 0.381 e. The maximum Gasteiger partial charge on any atom is 0.214 e. The van der Waals surface area contributed by atoms with Gasteiger partial charge in [0.25, 0.3) is 0 Å². The highest BCUT2D eigenvalue weighted by Crippen LogP contribution is 2.19. The second-order valence-electron chi connectivity index (χ2n) is 4.64. The fourth-order valence-corrected chi connectivity index (χ4v) is 2.59. The number of hydrogen-bond donors (Lipinski definition) is 1. The zero-order valence-electron chi connectivity index (χ0n) is 12.7. The number of benzene rings is 1. The first-order valence-electron chi connectivity index (χ1n) is 6.94. The molecule has 1 N–H and O–H groups in total. The Labute approximate surface area is 126 Å². The van der Waals surface area contributed by atoms with Crippen molar-refractivity contribution in [3.05, 3.63) is 29.6 Å². The number of rotatable bonds is 9. The normalized spacial score (nSPS) is 11.6. The van der Waals surface area contributed by atoms with Gasteiger partial charge in [0.2, 0.25) is 10.0 Å². The van der Waals surface area contributed by atoms with Crippen molar-refractivity contribution in [2.24, 2.45) is 0 Å². The van der Waals surface area contributed by atoms with E-state index in [1.165, 1.54) is 6.07 Å². The number of sulfonamides is 1. The number of ether oxygens (including phenoxy) is 1. The molecule has 0 saturated carbocycles. The third kappa shape index (κ3) is 5.99. The van der Waals surface area contributed by atoms with Crippen molar-refractivity contribution in [2.75, 3.05) is 37.5 Å². The molecule has 0 aliphatic heterocycles. The molecular formula is C14H23FN2O3S. The van der Waals surface area contributed by atoms with Crippen LogP contribution in [-0.2, 0) is 21.3 Å². The SMILES string of the molecule is CCOCCS(=O)(=O)NCc1ccc(N(C)CC)c(F)c1. The van der Waals surface area contributed by atoms with E-state index in [9.17, 15) is 12.8 Å². The summed E-state index contributed by atoms with van der Waals surface area (Å²) in [6.45, 7) is 5.13. The first-order chi connectivity index (χ1) is 9.89. The molecule has 0 amide bonds. The average molecular weight is 318 g/mol. The van der Waals surface area contributed by atoms with Crippen LogP contribution in [0, 0.1) is 5.82 Å². The van der Waals surface area contributed by atoms with Gasteiger partial charge in [-0.05, 0) is 31.5 Å². The Hall–Kier alpha value is -1.18. The summed E-state index contributed by atoms with van der Waals surface area (Å²) in [7, 11) is -1.60. The van der Waals surface area contributed by atoms with Crippen molar-refractivity contribution in [3.63, 3.8) is 0 Å². The van der Waals surface area contributed by atoms with E-state index in [0.29, 0.717) is 24.4 Å². The number of anilines is 1. The van der Waals surface area contributed by atoms with Crippen LogP contribution in [-0.4, -0.2) is 41.0 Å². The zero-order chi connectivity index (χ0) is 15.9. The summed E-state index contributed by atoms with van der Waals surface area (Å²) in [6.07, 6.45) is 0. The van der Waals surface area contributed by atoms with Gasteiger partial charge in [0.05, 0.1) is 18.0 Å². The fourth-order valence-electron chi connectivity index (χ4n) is 1.72. The lowest BCUT2D eigenvalue weighted by atomic mass is 10.2. The van der Waals surface area contributed by atoms with E-state index in [1.807, 2.05) is 6.92 Å². The Morgan fingerprint density at radius 3 is 2.62 bits per heavy atom. The molecule has 0 spiro atoms. The van der Waals surface area contributed by atoms with Crippen LogP contribution < -0.4 is 9.62 Å². The molecule has 120 valence electrons. The first kappa shape index (κ1) is 17.9. The standard InChI is InChI=1S/C14H23FN2O3S/c1-4-17(3)14-7-6-12(10-13(14)15)11-16-21(18,19)9-8-20-5-2/h6-7,10,16H,4-5,8-9,11H2,1-3H3. The number of nitrogens with one attached hydrogen (secondary N) is 1. The van der Waals surface area contributed by atoms with E-state index in [4.69, 9.17) is 4.74 Å². The molecule has 0 fully saturated rings. The highest BCUT2D eigenvalue weighted by atomic mass is 32.2. The first-order valence-corrected chi connectivity index (χ1v) is 8.59. The molecule has 5 nitrogen and oxygen atoms in total. The maximum atomic E-state index is 13.9. The van der Waals surface area contributed by atoms with Gasteiger partial charge in [-0.15, -0.1) is 0 Å². The molecule has 0 aliphatic carbocycles. The number of nitrogens with zero attached hydrogens (tertiary/aromatic N) is 1. The minimum absolute atomic E-state index is 0.0709. The van der Waals surface area contributed by atoms with Gasteiger partial charge in [-0.3, -0.25) is 0 Å². The van der Waals surface area contributed by atoms with Crippen LogP contribution in [0.3, 0.4) is 0 Å². The molecule has 0 saturated heterocycles. The van der Waals surface area contributed by atoms with Crippen molar-refractivity contribution < 1.29 is 17.5 Å². The van der Waals surface area contributed by atoms with Crippen LogP contribution in [0.15, 0.2) is 18.2 Å². The fraction of sp³-hybridized carbons (Fsp3) is 0.571. The van der Waals surface area contributed by atoms with Gasteiger partial charge < -0.3 is 9.64 Å². The summed E-state index contributed by atoms with van der Waals surface area (Å²) in [4.78, 5) is 1.78. The third-order valence-corrected chi connectivity index (χ3v) is 4.38. The Morgan fingerprint density at radius 1 is 1.33 bits per heavy atom. The van der Waals surface area contributed by atoms with Crippen LogP contribution in [0.1, 0.15) is 19.4 Å². The second kappa shape index (κ2) is 8.31. The van der Waals surface area contributed by atoms with E-state index >= 15 is 0 Å². The molecule has 7 heteroatoms. The van der Waals surface area contributed by atoms with Gasteiger partial charge in [-0.2, -0.15) is 0 Å². The van der Waals surface area contributed by atoms with Crippen LogP contribution in [0.4, 0.5) is 10.1 Å². The molecule has 0 unspecified atom stereocenters. The van der Waals surface area contributed by atoms with Gasteiger partial charge in [0, 0.05) is 26.7 Å². The molecule has 1 rings (SSSR count). The summed E-state index contributed by atoms with van der Waals surface area (Å²) in [5, 5.41) is 0. The third-order valence-electron chi connectivity index (χ3n) is 3.09. The van der Waals surface area contributed by atoms with Crippen LogP contribution in [0.25, 0.3) is 0 Å². The summed E-state index contributed by atoms with van der Waals surface area (Å²) < 4.78 is 44.7. The van der Waals surface area contributed by atoms with Gasteiger partial charge in [0.15, 0.2) is 0 Å². The lowest BCUT2D eigenvalue weighted by Crippen LogP contribution is -2.28. The van der Waals surface area contributed by atoms with Gasteiger partial charge in [-0.1, -0.05) is 6.07 Å². The van der Waals surface area contributed by atoms with Crippen molar-refractivity contribution in [1.82, 2.24) is 4.72 Å². The molecule has 0 atom stereocenters. The average Bonchev–Trinajstić information content (AvgIpc) is 2.45. The summed E-state index contributed by atoms with van der Waals surface area (Å²) in [6, 6.07) is 4.73. The Bertz CT molecular complexity index is 549. The van der Waals surface area contributed by atoms with E-state index in [0.717, 1.165) is 0 Å². The van der Waals surface area contributed by atoms with E-state index in [2.05, 4.69) is 4.72 Å². The molecule has 21 heavy (non-hydrogen) atoms. The molecule has 1 aromatic carbocycles. The second-order valence-corrected chi connectivity index (χ2v) is 6.56. The monoisotopic (exact) mass is 318 g/mol.